The summed E-state index contributed by atoms with van der Waals surface area (Å²) in [6.07, 6.45) is 0. The first-order valence-electron chi connectivity index (χ1n) is 4.07. The zero-order chi connectivity index (χ0) is 8.23. The Hall–Kier alpha value is -0.742. The van der Waals surface area contributed by atoms with E-state index in [2.05, 4.69) is 48.5 Å². The van der Waals surface area contributed by atoms with Gasteiger partial charge in [-0.05, 0) is 11.1 Å². The van der Waals surface area contributed by atoms with Gasteiger partial charge in [0.15, 0.2) is 0 Å². The van der Waals surface area contributed by atoms with Gasteiger partial charge in [-0.15, -0.1) is 0 Å². The Kier molecular flexibility index (Phi) is 4.05. The smallest absolute Gasteiger partial charge is 0 e. The summed E-state index contributed by atoms with van der Waals surface area (Å²) in [5.74, 6) is 0. The van der Waals surface area contributed by atoms with Crippen LogP contribution in [0.25, 0.3) is 11.1 Å². The molecule has 2 aromatic rings. The second-order valence-electron chi connectivity index (χ2n) is 2.73. The molecule has 0 fully saturated rings. The summed E-state index contributed by atoms with van der Waals surface area (Å²) in [6.45, 7) is 0. The van der Waals surface area contributed by atoms with E-state index in [4.69, 9.17) is 0 Å². The van der Waals surface area contributed by atoms with Crippen molar-refractivity contribution in [3.63, 3.8) is 0 Å². The van der Waals surface area contributed by atoms with Gasteiger partial charge in [0.1, 0.15) is 0 Å². The molecule has 0 aromatic heterocycles. The molecule has 0 aliphatic heterocycles. The van der Waals surface area contributed by atoms with E-state index in [1.807, 2.05) is 12.1 Å². The fourth-order valence-corrected chi connectivity index (χ4v) is 1.26. The zero-order valence-electron chi connectivity index (χ0n) is 7.22. The minimum absolute atomic E-state index is 0. The van der Waals surface area contributed by atoms with E-state index >= 15 is 0 Å². The summed E-state index contributed by atoms with van der Waals surface area (Å²) < 4.78 is 0. The van der Waals surface area contributed by atoms with Crippen LogP contribution in [0.3, 0.4) is 0 Å². The molecule has 0 spiro atoms. The van der Waals surface area contributed by atoms with Crippen molar-refractivity contribution in [1.82, 2.24) is 0 Å². The van der Waals surface area contributed by atoms with Crippen LogP contribution in [0.15, 0.2) is 60.7 Å². The average Bonchev–Trinajstić information content (AvgIpc) is 2.21. The van der Waals surface area contributed by atoms with Gasteiger partial charge in [0.05, 0.1) is 0 Å². The van der Waals surface area contributed by atoms with E-state index in [1.165, 1.54) is 11.1 Å². The molecule has 0 unspecified atom stereocenters. The molecular formula is C12H10Sb. The second-order valence-corrected chi connectivity index (χ2v) is 2.73. The number of benzene rings is 2. The summed E-state index contributed by atoms with van der Waals surface area (Å²) in [5.41, 5.74) is 2.55. The first-order chi connectivity index (χ1) is 5.97. The molecule has 0 heterocycles. The van der Waals surface area contributed by atoms with Crippen molar-refractivity contribution in [3.05, 3.63) is 60.7 Å². The van der Waals surface area contributed by atoms with E-state index in [0.717, 1.165) is 0 Å². The minimum atomic E-state index is 0. The van der Waals surface area contributed by atoms with Crippen LogP contribution < -0.4 is 0 Å². The van der Waals surface area contributed by atoms with Crippen LogP contribution in [0.5, 0.6) is 0 Å². The maximum Gasteiger partial charge on any atom is 0 e. The predicted octanol–water partition coefficient (Wildman–Crippen LogP) is 2.97. The van der Waals surface area contributed by atoms with Crippen LogP contribution in [0, 0.1) is 0 Å². The van der Waals surface area contributed by atoms with Crippen LogP contribution in [-0.2, 0) is 0 Å². The first kappa shape index (κ1) is 10.3. The van der Waals surface area contributed by atoms with Crippen molar-refractivity contribution in [1.29, 1.82) is 0 Å². The standard InChI is InChI=1S/C12H10.Sb/c1-3-7-11(8-4-1)12-9-5-2-6-10-12;/h1-10H;. The van der Waals surface area contributed by atoms with E-state index in [-0.39, 0.29) is 24.4 Å². The Balaban J connectivity index is 0.000000845. The van der Waals surface area contributed by atoms with Crippen molar-refractivity contribution < 1.29 is 0 Å². The Morgan fingerprint density at radius 2 is 0.769 bits per heavy atom. The molecule has 2 rings (SSSR count). The molecule has 63 valence electrons. The molecule has 0 aliphatic carbocycles. The molecule has 3 radical (unpaired) electrons. The summed E-state index contributed by atoms with van der Waals surface area (Å²) in [4.78, 5) is 0. The Morgan fingerprint density at radius 3 is 1.08 bits per heavy atom. The van der Waals surface area contributed by atoms with Gasteiger partial charge in [0.2, 0.25) is 0 Å². The third kappa shape index (κ3) is 2.60. The molecule has 0 bridgehead atoms. The van der Waals surface area contributed by atoms with Gasteiger partial charge in [0, 0.05) is 24.4 Å². The van der Waals surface area contributed by atoms with Gasteiger partial charge in [-0.25, -0.2) is 0 Å². The van der Waals surface area contributed by atoms with Crippen molar-refractivity contribution >= 4 is 24.4 Å². The van der Waals surface area contributed by atoms with Crippen LogP contribution in [-0.4, -0.2) is 24.4 Å². The molecule has 1 heteroatoms. The van der Waals surface area contributed by atoms with Crippen LogP contribution >= 0.6 is 0 Å². The molecule has 0 saturated heterocycles. The van der Waals surface area contributed by atoms with Gasteiger partial charge in [-0.1, -0.05) is 60.7 Å². The van der Waals surface area contributed by atoms with E-state index in [9.17, 15) is 0 Å². The molecule has 13 heavy (non-hydrogen) atoms. The monoisotopic (exact) mass is 275 g/mol. The van der Waals surface area contributed by atoms with Crippen molar-refractivity contribution in [2.45, 2.75) is 0 Å². The molecule has 0 aliphatic rings. The number of hydrogen-bond acceptors (Lipinski definition) is 0. The summed E-state index contributed by atoms with van der Waals surface area (Å²) in [6, 6.07) is 20.8. The van der Waals surface area contributed by atoms with Crippen molar-refractivity contribution in [2.75, 3.05) is 0 Å². The quantitative estimate of drug-likeness (QED) is 0.702. The summed E-state index contributed by atoms with van der Waals surface area (Å²) >= 11 is 0. The second kappa shape index (κ2) is 5.09. The third-order valence-electron chi connectivity index (χ3n) is 1.88. The maximum atomic E-state index is 2.12. The van der Waals surface area contributed by atoms with E-state index in [1.54, 1.807) is 0 Å². The first-order valence-corrected chi connectivity index (χ1v) is 4.07. The fourth-order valence-electron chi connectivity index (χ4n) is 1.26. The third-order valence-corrected chi connectivity index (χ3v) is 1.88. The molecule has 0 amide bonds. The Morgan fingerprint density at radius 1 is 0.462 bits per heavy atom. The average molecular weight is 276 g/mol. The molecule has 2 aromatic carbocycles. The van der Waals surface area contributed by atoms with Gasteiger partial charge in [-0.3, -0.25) is 0 Å². The van der Waals surface area contributed by atoms with Gasteiger partial charge in [-0.2, -0.15) is 0 Å². The summed E-state index contributed by atoms with van der Waals surface area (Å²) in [7, 11) is 0. The topological polar surface area (TPSA) is 0 Å². The normalized spacial score (nSPS) is 8.92. The van der Waals surface area contributed by atoms with E-state index < -0.39 is 0 Å². The molecule has 0 nitrogen and oxygen atoms in total. The fraction of sp³-hybridized carbons (Fsp3) is 0. The maximum absolute atomic E-state index is 2.12. The summed E-state index contributed by atoms with van der Waals surface area (Å²) in [5, 5.41) is 0. The number of hydrogen-bond donors (Lipinski definition) is 0. The van der Waals surface area contributed by atoms with Crippen molar-refractivity contribution in [2.24, 2.45) is 0 Å². The zero-order valence-corrected chi connectivity index (χ0v) is 9.77. The predicted molar refractivity (Wildman–Crippen MR) is 57.6 cm³/mol. The SMILES string of the molecule is [Sb].c1ccc(-c2ccccc2)cc1. The molecule has 0 saturated carbocycles. The van der Waals surface area contributed by atoms with Crippen LogP contribution in [0.1, 0.15) is 0 Å². The Labute approximate surface area is 96.1 Å². The number of rotatable bonds is 1. The minimum Gasteiger partial charge on any atom is -0.0622 e. The van der Waals surface area contributed by atoms with Crippen LogP contribution in [0.4, 0.5) is 0 Å². The van der Waals surface area contributed by atoms with Gasteiger partial charge >= 0.3 is 0 Å². The molecule has 0 atom stereocenters. The molecular weight excluding hydrogens is 266 g/mol. The Bertz CT molecular complexity index is 303. The van der Waals surface area contributed by atoms with E-state index in [0.29, 0.717) is 0 Å². The van der Waals surface area contributed by atoms with Gasteiger partial charge in [0.25, 0.3) is 0 Å². The molecule has 0 N–H and O–H groups in total. The van der Waals surface area contributed by atoms with Crippen LogP contribution in [0.2, 0.25) is 0 Å². The largest absolute Gasteiger partial charge is 0.0622 e. The van der Waals surface area contributed by atoms with Crippen molar-refractivity contribution in [3.8, 4) is 11.1 Å². The van der Waals surface area contributed by atoms with Gasteiger partial charge < -0.3 is 0 Å².